The number of fused-ring (bicyclic) bond motifs is 1. The summed E-state index contributed by atoms with van der Waals surface area (Å²) >= 11 is 0. The largest absolute Gasteiger partial charge is 0.467 e. The Morgan fingerprint density at radius 2 is 1.68 bits per heavy atom. The molecule has 1 aromatic heterocycles. The van der Waals surface area contributed by atoms with Gasteiger partial charge in [0, 0.05) is 0 Å². The van der Waals surface area contributed by atoms with Crippen molar-refractivity contribution in [3.8, 4) is 0 Å². The normalized spacial score (nSPS) is 13.3. The fraction of sp³-hybridized carbons (Fsp3) is 0.565. The van der Waals surface area contributed by atoms with Crippen molar-refractivity contribution in [1.29, 1.82) is 0 Å². The fourth-order valence-electron chi connectivity index (χ4n) is 3.58. The summed E-state index contributed by atoms with van der Waals surface area (Å²) in [5, 5.41) is 6.15. The number of nitrogens with zero attached hydrogens (tertiary/aromatic N) is 1. The summed E-state index contributed by atoms with van der Waals surface area (Å²) in [4.78, 5) is 42.1. The van der Waals surface area contributed by atoms with Crippen LogP contribution in [-0.4, -0.2) is 36.1 Å². The molecule has 8 heteroatoms. The summed E-state index contributed by atoms with van der Waals surface area (Å²) in [6.45, 7) is 11.6. The van der Waals surface area contributed by atoms with Gasteiger partial charge >= 0.3 is 11.6 Å². The number of amides is 1. The van der Waals surface area contributed by atoms with Gasteiger partial charge in [0.05, 0.1) is 18.0 Å². The summed E-state index contributed by atoms with van der Waals surface area (Å²) < 4.78 is 10.2. The van der Waals surface area contributed by atoms with Crippen molar-refractivity contribution in [1.82, 2.24) is 10.3 Å². The average Bonchev–Trinajstić information content (AvgIpc) is 2.64. The number of carbonyl (C=O) groups excluding carboxylic acids is 2. The maximum Gasteiger partial charge on any atom is 0.348 e. The van der Waals surface area contributed by atoms with Crippen molar-refractivity contribution in [2.75, 3.05) is 12.4 Å². The third kappa shape index (κ3) is 6.54. The number of ether oxygens (including phenoxy) is 1. The average molecular weight is 432 g/mol. The first-order chi connectivity index (χ1) is 14.5. The molecule has 2 aromatic rings. The molecule has 0 aliphatic rings. The maximum absolute atomic E-state index is 13.0. The van der Waals surface area contributed by atoms with Crippen LogP contribution < -0.4 is 16.3 Å². The zero-order valence-corrected chi connectivity index (χ0v) is 19.4. The second kappa shape index (κ2) is 10.4. The van der Waals surface area contributed by atoms with E-state index in [9.17, 15) is 14.4 Å². The minimum atomic E-state index is -0.754. The minimum absolute atomic E-state index is 0.0261. The Labute approximate surface area is 182 Å². The SMILES string of the molecule is COC(=O)[C@@H](CC(C)C)NC(=O)[C@@H](CC(C)C)Nc1nc2cc(C)cc(C)c2c(=O)o1. The summed E-state index contributed by atoms with van der Waals surface area (Å²) in [5.74, 6) is -0.518. The van der Waals surface area contributed by atoms with Crippen LogP contribution in [0.2, 0.25) is 0 Å². The van der Waals surface area contributed by atoms with E-state index in [-0.39, 0.29) is 23.8 Å². The van der Waals surface area contributed by atoms with E-state index in [0.29, 0.717) is 23.7 Å². The van der Waals surface area contributed by atoms with Crippen molar-refractivity contribution >= 4 is 28.8 Å². The van der Waals surface area contributed by atoms with Crippen LogP contribution in [0.5, 0.6) is 0 Å². The molecule has 2 N–H and O–H groups in total. The molecule has 2 atom stereocenters. The van der Waals surface area contributed by atoms with Gasteiger partial charge in [-0.05, 0) is 55.7 Å². The van der Waals surface area contributed by atoms with Crippen LogP contribution in [0.3, 0.4) is 0 Å². The number of methoxy groups -OCH3 is 1. The van der Waals surface area contributed by atoms with Crippen molar-refractivity contribution < 1.29 is 18.7 Å². The van der Waals surface area contributed by atoms with Crippen LogP contribution >= 0.6 is 0 Å². The van der Waals surface area contributed by atoms with Crippen LogP contribution in [0.15, 0.2) is 21.3 Å². The highest BCUT2D eigenvalue weighted by Crippen LogP contribution is 2.19. The molecule has 0 aliphatic heterocycles. The molecular weight excluding hydrogens is 398 g/mol. The molecule has 1 heterocycles. The first-order valence-electron chi connectivity index (χ1n) is 10.6. The molecule has 31 heavy (non-hydrogen) atoms. The highest BCUT2D eigenvalue weighted by Gasteiger charge is 2.28. The molecule has 0 aliphatic carbocycles. The predicted octanol–water partition coefficient (Wildman–Crippen LogP) is 3.34. The standard InChI is InChI=1S/C23H33N3O5/c1-12(2)8-17(20(27)24-18(9-13(3)4)21(28)30-7)26-23-25-16-11-14(5)10-15(6)19(16)22(29)31-23/h10-13,17-18H,8-9H2,1-7H3,(H,24,27)(H,25,26)/t17-,18-/m1/s1. The molecule has 0 saturated carbocycles. The van der Waals surface area contributed by atoms with E-state index in [1.165, 1.54) is 7.11 Å². The van der Waals surface area contributed by atoms with Gasteiger partial charge in [0.25, 0.3) is 6.01 Å². The molecule has 0 saturated heterocycles. The van der Waals surface area contributed by atoms with E-state index in [1.807, 2.05) is 47.6 Å². The topological polar surface area (TPSA) is 111 Å². The monoisotopic (exact) mass is 431 g/mol. The number of benzene rings is 1. The lowest BCUT2D eigenvalue weighted by Crippen LogP contribution is -2.49. The molecule has 0 fully saturated rings. The van der Waals surface area contributed by atoms with E-state index < -0.39 is 23.7 Å². The van der Waals surface area contributed by atoms with Gasteiger partial charge in [-0.2, -0.15) is 4.98 Å². The van der Waals surface area contributed by atoms with Crippen LogP contribution in [-0.2, 0) is 14.3 Å². The zero-order chi connectivity index (χ0) is 23.3. The van der Waals surface area contributed by atoms with Crippen molar-refractivity contribution in [2.45, 2.75) is 66.5 Å². The number of rotatable bonds is 9. The summed E-state index contributed by atoms with van der Waals surface area (Å²) in [7, 11) is 1.29. The number of nitrogens with one attached hydrogen (secondary N) is 2. The molecule has 0 bridgehead atoms. The number of aryl methyl sites for hydroxylation is 2. The third-order valence-corrected chi connectivity index (χ3v) is 4.91. The Bertz CT molecular complexity index is 997. The van der Waals surface area contributed by atoms with Crippen molar-refractivity contribution in [3.05, 3.63) is 33.7 Å². The smallest absolute Gasteiger partial charge is 0.348 e. The van der Waals surface area contributed by atoms with Crippen LogP contribution in [0.1, 0.15) is 51.7 Å². The summed E-state index contributed by atoms with van der Waals surface area (Å²) in [6, 6.07) is 2.18. The Kier molecular flexibility index (Phi) is 8.19. The number of anilines is 1. The molecule has 8 nitrogen and oxygen atoms in total. The Morgan fingerprint density at radius 1 is 1.06 bits per heavy atom. The summed E-state index contributed by atoms with van der Waals surface area (Å²) in [6.07, 6.45) is 0.909. The van der Waals surface area contributed by atoms with Gasteiger partial charge in [0.15, 0.2) is 0 Å². The first kappa shape index (κ1) is 24.4. The number of carbonyl (C=O) groups is 2. The van der Waals surface area contributed by atoms with E-state index in [1.54, 1.807) is 6.07 Å². The van der Waals surface area contributed by atoms with Crippen LogP contribution in [0.25, 0.3) is 10.9 Å². The molecule has 1 aromatic carbocycles. The highest BCUT2D eigenvalue weighted by molar-refractivity contribution is 5.89. The van der Waals surface area contributed by atoms with Crippen molar-refractivity contribution in [3.63, 3.8) is 0 Å². The Hall–Kier alpha value is -2.90. The minimum Gasteiger partial charge on any atom is -0.467 e. The van der Waals surface area contributed by atoms with Gasteiger partial charge in [0.2, 0.25) is 5.91 Å². The number of esters is 1. The fourth-order valence-corrected chi connectivity index (χ4v) is 3.58. The molecule has 0 unspecified atom stereocenters. The molecule has 170 valence electrons. The van der Waals surface area contributed by atoms with Gasteiger partial charge < -0.3 is 19.8 Å². The van der Waals surface area contributed by atoms with Gasteiger partial charge in [0.1, 0.15) is 12.1 Å². The van der Waals surface area contributed by atoms with Gasteiger partial charge in [-0.25, -0.2) is 9.59 Å². The highest BCUT2D eigenvalue weighted by atomic mass is 16.5. The zero-order valence-electron chi connectivity index (χ0n) is 19.4. The van der Waals surface area contributed by atoms with Gasteiger partial charge in [-0.3, -0.25) is 4.79 Å². The van der Waals surface area contributed by atoms with E-state index in [0.717, 1.165) is 11.1 Å². The van der Waals surface area contributed by atoms with E-state index >= 15 is 0 Å². The molecule has 0 spiro atoms. The first-order valence-corrected chi connectivity index (χ1v) is 10.6. The second-order valence-electron chi connectivity index (χ2n) is 8.82. The quantitative estimate of drug-likeness (QED) is 0.586. The molecule has 1 amide bonds. The van der Waals surface area contributed by atoms with Gasteiger partial charge in [-0.1, -0.05) is 33.8 Å². The molecule has 0 radical (unpaired) electrons. The number of hydrogen-bond donors (Lipinski definition) is 2. The number of aromatic nitrogens is 1. The summed E-state index contributed by atoms with van der Waals surface area (Å²) in [5.41, 5.74) is 1.75. The Balaban J connectivity index is 2.33. The lowest BCUT2D eigenvalue weighted by molar-refractivity contribution is -0.145. The predicted molar refractivity (Wildman–Crippen MR) is 120 cm³/mol. The van der Waals surface area contributed by atoms with Crippen LogP contribution in [0.4, 0.5) is 6.01 Å². The van der Waals surface area contributed by atoms with Gasteiger partial charge in [-0.15, -0.1) is 0 Å². The van der Waals surface area contributed by atoms with E-state index in [4.69, 9.17) is 9.15 Å². The third-order valence-electron chi connectivity index (χ3n) is 4.91. The number of hydrogen-bond acceptors (Lipinski definition) is 7. The van der Waals surface area contributed by atoms with E-state index in [2.05, 4.69) is 15.6 Å². The van der Waals surface area contributed by atoms with Crippen LogP contribution in [0, 0.1) is 25.7 Å². The maximum atomic E-state index is 13.0. The lowest BCUT2D eigenvalue weighted by atomic mass is 10.0. The Morgan fingerprint density at radius 3 is 2.26 bits per heavy atom. The molecular formula is C23H33N3O5. The second-order valence-corrected chi connectivity index (χ2v) is 8.82. The molecule has 2 rings (SSSR count). The lowest BCUT2D eigenvalue weighted by Gasteiger charge is -2.24. The van der Waals surface area contributed by atoms with Crippen molar-refractivity contribution in [2.24, 2.45) is 11.8 Å².